The van der Waals surface area contributed by atoms with Crippen LogP contribution in [0.5, 0.6) is 0 Å². The van der Waals surface area contributed by atoms with E-state index in [1.807, 2.05) is 0 Å². The number of allylic oxidation sites excluding steroid dienone is 3. The number of fused-ring (bicyclic) bond motifs is 5. The topological polar surface area (TPSA) is 72.9 Å². The third kappa shape index (κ3) is 4.90. The zero-order chi connectivity index (χ0) is 29.0. The first-order chi connectivity index (χ1) is 18.8. The average Bonchev–Trinajstić information content (AvgIpc) is 3.16. The fraction of sp³-hybridized carbons (Fsp3) is 0.794. The van der Waals surface area contributed by atoms with E-state index in [0.29, 0.717) is 42.4 Å². The van der Waals surface area contributed by atoms with Crippen molar-refractivity contribution in [1.29, 1.82) is 0 Å². The zero-order valence-corrected chi connectivity index (χ0v) is 25.9. The Morgan fingerprint density at radius 3 is 2.27 bits per heavy atom. The van der Waals surface area contributed by atoms with E-state index in [1.54, 1.807) is 6.92 Å². The quantitative estimate of drug-likeness (QED) is 0.360. The van der Waals surface area contributed by atoms with Crippen LogP contribution in [0.1, 0.15) is 99.8 Å². The summed E-state index contributed by atoms with van der Waals surface area (Å²) in [6.07, 6.45) is 11.5. The van der Waals surface area contributed by atoms with E-state index in [1.165, 1.54) is 24.5 Å². The minimum Gasteiger partial charge on any atom is -0.458 e. The number of rotatable bonds is 6. The molecule has 5 rings (SSSR count). The number of esters is 2. The maximum atomic E-state index is 13.0. The summed E-state index contributed by atoms with van der Waals surface area (Å²) in [4.78, 5) is 40.4. The van der Waals surface area contributed by atoms with Crippen LogP contribution in [0.15, 0.2) is 23.3 Å². The predicted molar refractivity (Wildman–Crippen MR) is 155 cm³/mol. The molecule has 3 fully saturated rings. The molecule has 0 N–H and O–H groups in total. The SMILES string of the molecule is CC(=O)O[C@]1(C(C)=O)CCC2[C@@H]3C=C(C)C4=CC(OC(=O)CCN5CC(C)CC(C)C5)CC[C@]4(C)C3CC[C@@]21C. The van der Waals surface area contributed by atoms with Crippen molar-refractivity contribution in [2.45, 2.75) is 112 Å². The summed E-state index contributed by atoms with van der Waals surface area (Å²) < 4.78 is 12.0. The number of carbonyl (C=O) groups excluding carboxylic acids is 3. The molecule has 1 aliphatic heterocycles. The molecule has 0 aromatic rings. The van der Waals surface area contributed by atoms with Crippen LogP contribution in [0, 0.1) is 40.4 Å². The van der Waals surface area contributed by atoms with E-state index in [9.17, 15) is 14.4 Å². The van der Waals surface area contributed by atoms with Gasteiger partial charge in [0.05, 0.1) is 6.42 Å². The van der Waals surface area contributed by atoms with Crippen LogP contribution in [0.25, 0.3) is 0 Å². The maximum Gasteiger partial charge on any atom is 0.307 e. The number of likely N-dealkylation sites (tertiary alicyclic amines) is 1. The highest BCUT2D eigenvalue weighted by atomic mass is 16.6. The number of hydrogen-bond donors (Lipinski definition) is 0. The van der Waals surface area contributed by atoms with Crippen LogP contribution >= 0.6 is 0 Å². The Bertz CT molecular complexity index is 1100. The summed E-state index contributed by atoms with van der Waals surface area (Å²) >= 11 is 0. The molecule has 0 aromatic carbocycles. The van der Waals surface area contributed by atoms with Crippen molar-refractivity contribution >= 4 is 17.7 Å². The zero-order valence-electron chi connectivity index (χ0n) is 25.9. The van der Waals surface area contributed by atoms with E-state index >= 15 is 0 Å². The van der Waals surface area contributed by atoms with Crippen molar-refractivity contribution in [2.24, 2.45) is 40.4 Å². The van der Waals surface area contributed by atoms with E-state index in [2.05, 4.69) is 51.7 Å². The molecule has 0 radical (unpaired) electrons. The van der Waals surface area contributed by atoms with Gasteiger partial charge in [-0.25, -0.2) is 0 Å². The van der Waals surface area contributed by atoms with Crippen LogP contribution in [-0.4, -0.2) is 54.0 Å². The lowest BCUT2D eigenvalue weighted by Crippen LogP contribution is -2.58. The van der Waals surface area contributed by atoms with Crippen molar-refractivity contribution in [1.82, 2.24) is 4.90 Å². The Balaban J connectivity index is 1.31. The maximum absolute atomic E-state index is 13.0. The second-order valence-corrected chi connectivity index (χ2v) is 14.6. The van der Waals surface area contributed by atoms with Gasteiger partial charge in [-0.15, -0.1) is 0 Å². The molecule has 2 saturated carbocycles. The van der Waals surface area contributed by atoms with Crippen molar-refractivity contribution in [3.05, 3.63) is 23.3 Å². The summed E-state index contributed by atoms with van der Waals surface area (Å²) in [7, 11) is 0. The molecular formula is C34H51NO5. The molecule has 6 heteroatoms. The van der Waals surface area contributed by atoms with Crippen LogP contribution < -0.4 is 0 Å². The molecule has 4 aliphatic carbocycles. The molecule has 0 amide bonds. The predicted octanol–water partition coefficient (Wildman–Crippen LogP) is 6.29. The van der Waals surface area contributed by atoms with E-state index < -0.39 is 5.60 Å². The van der Waals surface area contributed by atoms with Crippen molar-refractivity contribution in [2.75, 3.05) is 19.6 Å². The van der Waals surface area contributed by atoms with Gasteiger partial charge in [-0.3, -0.25) is 14.4 Å². The fourth-order valence-electron chi connectivity index (χ4n) is 10.2. The molecule has 0 aromatic heterocycles. The number of hydrogen-bond acceptors (Lipinski definition) is 6. The first-order valence-corrected chi connectivity index (χ1v) is 15.8. The number of Topliss-reactive ketones (excluding diaryl/α,β-unsaturated/α-hetero) is 1. The third-order valence-electron chi connectivity index (χ3n) is 11.8. The first kappa shape index (κ1) is 29.5. The lowest BCUT2D eigenvalue weighted by molar-refractivity contribution is -0.185. The van der Waals surface area contributed by atoms with Crippen LogP contribution in [0.3, 0.4) is 0 Å². The van der Waals surface area contributed by atoms with E-state index in [-0.39, 0.29) is 34.7 Å². The van der Waals surface area contributed by atoms with Gasteiger partial charge in [0.2, 0.25) is 0 Å². The number of carbonyl (C=O) groups is 3. The van der Waals surface area contributed by atoms with Crippen molar-refractivity contribution in [3.63, 3.8) is 0 Å². The average molecular weight is 554 g/mol. The van der Waals surface area contributed by atoms with Gasteiger partial charge in [0.1, 0.15) is 6.10 Å². The second-order valence-electron chi connectivity index (χ2n) is 14.6. The normalized spacial score (nSPS) is 43.0. The molecule has 40 heavy (non-hydrogen) atoms. The minimum atomic E-state index is -1.01. The Kier molecular flexibility index (Phi) is 7.91. The fourth-order valence-corrected chi connectivity index (χ4v) is 10.2. The molecule has 222 valence electrons. The standard InChI is InChI=1S/C34H51NO5/c1-21-16-22(2)20-35(19-21)15-11-31(38)39-26-8-12-32(6)28-9-13-33(7)29(27(28)17-23(3)30(32)18-26)10-14-34(33,24(4)36)40-25(5)37/h17-18,21-22,26-29H,8-16,19-20H2,1-7H3/t21?,22?,26?,27-,28?,29?,32-,33+,34+/m1/s1. The highest BCUT2D eigenvalue weighted by Gasteiger charge is 2.67. The molecule has 0 spiro atoms. The first-order valence-electron chi connectivity index (χ1n) is 15.8. The molecule has 1 heterocycles. The van der Waals surface area contributed by atoms with Crippen LogP contribution in [0.4, 0.5) is 0 Å². The number of piperidine rings is 1. The molecule has 5 aliphatic rings. The molecule has 0 bridgehead atoms. The number of nitrogens with zero attached hydrogens (tertiary/aromatic N) is 1. The molecule has 6 nitrogen and oxygen atoms in total. The molecule has 5 unspecified atom stereocenters. The summed E-state index contributed by atoms with van der Waals surface area (Å²) in [6.45, 7) is 17.4. The third-order valence-corrected chi connectivity index (χ3v) is 11.8. The lowest BCUT2D eigenvalue weighted by atomic mass is 9.47. The molecule has 9 atom stereocenters. The Labute approximate surface area is 241 Å². The summed E-state index contributed by atoms with van der Waals surface area (Å²) in [6, 6.07) is 0. The Morgan fingerprint density at radius 1 is 0.950 bits per heavy atom. The van der Waals surface area contributed by atoms with Gasteiger partial charge < -0.3 is 14.4 Å². The monoisotopic (exact) mass is 553 g/mol. The largest absolute Gasteiger partial charge is 0.458 e. The summed E-state index contributed by atoms with van der Waals surface area (Å²) in [5.74, 6) is 2.04. The smallest absolute Gasteiger partial charge is 0.307 e. The summed E-state index contributed by atoms with van der Waals surface area (Å²) in [5.41, 5.74) is 1.28. The number of ketones is 1. The van der Waals surface area contributed by atoms with Gasteiger partial charge >= 0.3 is 11.9 Å². The van der Waals surface area contributed by atoms with Crippen LogP contribution in [0.2, 0.25) is 0 Å². The number of ether oxygens (including phenoxy) is 2. The van der Waals surface area contributed by atoms with Crippen LogP contribution in [-0.2, 0) is 23.9 Å². The van der Waals surface area contributed by atoms with Gasteiger partial charge in [-0.1, -0.05) is 39.3 Å². The minimum absolute atomic E-state index is 0.0129. The van der Waals surface area contributed by atoms with Gasteiger partial charge in [0.15, 0.2) is 11.4 Å². The van der Waals surface area contributed by atoms with Gasteiger partial charge in [0, 0.05) is 32.0 Å². The molecule has 1 saturated heterocycles. The van der Waals surface area contributed by atoms with E-state index in [4.69, 9.17) is 9.47 Å². The van der Waals surface area contributed by atoms with Gasteiger partial charge in [-0.05, 0) is 105 Å². The Hall–Kier alpha value is -1.95. The van der Waals surface area contributed by atoms with Crippen molar-refractivity contribution in [3.8, 4) is 0 Å². The molecular weight excluding hydrogens is 502 g/mol. The van der Waals surface area contributed by atoms with Crippen molar-refractivity contribution < 1.29 is 23.9 Å². The second kappa shape index (κ2) is 10.7. The highest BCUT2D eigenvalue weighted by Crippen LogP contribution is 2.68. The Morgan fingerprint density at radius 2 is 1.62 bits per heavy atom. The lowest BCUT2D eigenvalue weighted by Gasteiger charge is -2.58. The highest BCUT2D eigenvalue weighted by molar-refractivity contribution is 5.89. The van der Waals surface area contributed by atoms with Gasteiger partial charge in [-0.2, -0.15) is 0 Å². The summed E-state index contributed by atoms with van der Waals surface area (Å²) in [5, 5.41) is 0. The van der Waals surface area contributed by atoms with E-state index in [0.717, 1.165) is 51.7 Å². The van der Waals surface area contributed by atoms with Gasteiger partial charge in [0.25, 0.3) is 0 Å².